The van der Waals surface area contributed by atoms with Gasteiger partial charge in [0.1, 0.15) is 5.82 Å². The predicted octanol–water partition coefficient (Wildman–Crippen LogP) is 3.45. The zero-order valence-corrected chi connectivity index (χ0v) is 10.6. The van der Waals surface area contributed by atoms with Gasteiger partial charge in [0.2, 0.25) is 0 Å². The van der Waals surface area contributed by atoms with E-state index >= 15 is 0 Å². The Morgan fingerprint density at radius 2 is 2.19 bits per heavy atom. The third kappa shape index (κ3) is 2.67. The van der Waals surface area contributed by atoms with Gasteiger partial charge in [-0.25, -0.2) is 4.98 Å². The molecule has 1 fully saturated rings. The summed E-state index contributed by atoms with van der Waals surface area (Å²) < 4.78 is 0. The second-order valence-electron chi connectivity index (χ2n) is 4.65. The van der Waals surface area contributed by atoms with E-state index in [1.54, 1.807) is 0 Å². The Morgan fingerprint density at radius 1 is 1.44 bits per heavy atom. The molecule has 0 spiro atoms. The number of hydrogen-bond donors (Lipinski definition) is 0. The van der Waals surface area contributed by atoms with Crippen LogP contribution in [0.3, 0.4) is 0 Å². The maximum atomic E-state index is 5.93. The fourth-order valence-corrected chi connectivity index (χ4v) is 2.75. The minimum Gasteiger partial charge on any atom is -0.359 e. The highest BCUT2D eigenvalue weighted by atomic mass is 35.5. The van der Waals surface area contributed by atoms with Crippen molar-refractivity contribution < 1.29 is 0 Å². The first kappa shape index (κ1) is 11.7. The summed E-state index contributed by atoms with van der Waals surface area (Å²) in [6.45, 7) is 1.11. The summed E-state index contributed by atoms with van der Waals surface area (Å²) in [5, 5.41) is 0. The van der Waals surface area contributed by atoms with Crippen molar-refractivity contribution in [2.45, 2.75) is 31.6 Å². The molecular weight excluding hydrogens is 220 g/mol. The van der Waals surface area contributed by atoms with Crippen LogP contribution in [-0.2, 0) is 5.88 Å². The van der Waals surface area contributed by atoms with Crippen LogP contribution < -0.4 is 4.90 Å². The monoisotopic (exact) mass is 238 g/mol. The van der Waals surface area contributed by atoms with Crippen molar-refractivity contribution >= 4 is 17.4 Å². The molecule has 3 heteroatoms. The fourth-order valence-electron chi connectivity index (χ4n) is 2.54. The fraction of sp³-hybridized carbons (Fsp3) is 0.615. The summed E-state index contributed by atoms with van der Waals surface area (Å²) in [5.74, 6) is 2.43. The average molecular weight is 239 g/mol. The van der Waals surface area contributed by atoms with Crippen molar-refractivity contribution in [2.24, 2.45) is 5.92 Å². The zero-order valence-electron chi connectivity index (χ0n) is 9.82. The highest BCUT2D eigenvalue weighted by molar-refractivity contribution is 6.17. The minimum absolute atomic E-state index is 0.540. The van der Waals surface area contributed by atoms with E-state index in [1.165, 1.54) is 25.7 Å². The van der Waals surface area contributed by atoms with Gasteiger partial charge in [-0.15, -0.1) is 11.6 Å². The Kier molecular flexibility index (Phi) is 4.05. The number of aromatic nitrogens is 1. The van der Waals surface area contributed by atoms with E-state index in [9.17, 15) is 0 Å². The Bertz CT molecular complexity index is 334. The molecule has 1 aliphatic rings. The molecule has 2 rings (SSSR count). The van der Waals surface area contributed by atoms with E-state index in [0.29, 0.717) is 5.88 Å². The molecule has 0 unspecified atom stereocenters. The van der Waals surface area contributed by atoms with Gasteiger partial charge in [0.25, 0.3) is 0 Å². The summed E-state index contributed by atoms with van der Waals surface area (Å²) in [6.07, 6.45) is 7.36. The van der Waals surface area contributed by atoms with Crippen LogP contribution in [0.2, 0.25) is 0 Å². The molecule has 16 heavy (non-hydrogen) atoms. The second-order valence-corrected chi connectivity index (χ2v) is 4.92. The van der Waals surface area contributed by atoms with Crippen LogP contribution in [0.25, 0.3) is 0 Å². The Labute approximate surface area is 103 Å². The Morgan fingerprint density at radius 3 is 2.88 bits per heavy atom. The van der Waals surface area contributed by atoms with E-state index in [2.05, 4.69) is 23.0 Å². The number of anilines is 1. The first-order valence-corrected chi connectivity index (χ1v) is 6.55. The third-order valence-electron chi connectivity index (χ3n) is 3.38. The number of halogens is 1. The average Bonchev–Trinajstić information content (AvgIpc) is 2.81. The summed E-state index contributed by atoms with van der Waals surface area (Å²) in [5.41, 5.74) is 1.13. The van der Waals surface area contributed by atoms with Gasteiger partial charge in [-0.2, -0.15) is 0 Å². The smallest absolute Gasteiger partial charge is 0.132 e. The molecule has 1 heterocycles. The van der Waals surface area contributed by atoms with E-state index in [-0.39, 0.29) is 0 Å². The molecule has 1 aliphatic carbocycles. The summed E-state index contributed by atoms with van der Waals surface area (Å²) in [4.78, 5) is 6.69. The van der Waals surface area contributed by atoms with Crippen LogP contribution in [0, 0.1) is 5.92 Å². The summed E-state index contributed by atoms with van der Waals surface area (Å²) in [7, 11) is 2.12. The quantitative estimate of drug-likeness (QED) is 0.747. The number of hydrogen-bond acceptors (Lipinski definition) is 2. The van der Waals surface area contributed by atoms with Crippen molar-refractivity contribution in [3.05, 3.63) is 23.9 Å². The highest BCUT2D eigenvalue weighted by Gasteiger charge is 2.18. The van der Waals surface area contributed by atoms with Crippen LogP contribution in [0.4, 0.5) is 5.82 Å². The van der Waals surface area contributed by atoms with E-state index in [4.69, 9.17) is 11.6 Å². The van der Waals surface area contributed by atoms with Crippen LogP contribution >= 0.6 is 11.6 Å². The molecule has 0 aliphatic heterocycles. The minimum atomic E-state index is 0.540. The van der Waals surface area contributed by atoms with E-state index < -0.39 is 0 Å². The standard InChI is InChI=1S/C13H19ClN2/c1-16(10-11-5-2-3-6-11)13-12(9-14)7-4-8-15-13/h4,7-8,11H,2-3,5-6,9-10H2,1H3. The summed E-state index contributed by atoms with van der Waals surface area (Å²) >= 11 is 5.93. The molecule has 1 aromatic heterocycles. The molecule has 2 nitrogen and oxygen atoms in total. The van der Waals surface area contributed by atoms with Crippen molar-refractivity contribution in [3.8, 4) is 0 Å². The Hall–Kier alpha value is -0.760. The van der Waals surface area contributed by atoms with Crippen molar-refractivity contribution in [1.29, 1.82) is 0 Å². The molecule has 0 bridgehead atoms. The molecule has 88 valence electrons. The second kappa shape index (κ2) is 5.53. The molecule has 0 saturated heterocycles. The van der Waals surface area contributed by atoms with Gasteiger partial charge in [0.15, 0.2) is 0 Å². The van der Waals surface area contributed by atoms with Gasteiger partial charge >= 0.3 is 0 Å². The molecule has 0 radical (unpaired) electrons. The normalized spacial score (nSPS) is 16.6. The lowest BCUT2D eigenvalue weighted by Gasteiger charge is -2.23. The third-order valence-corrected chi connectivity index (χ3v) is 3.67. The van der Waals surface area contributed by atoms with Crippen molar-refractivity contribution in [2.75, 3.05) is 18.5 Å². The lowest BCUT2D eigenvalue weighted by atomic mass is 10.1. The summed E-state index contributed by atoms with van der Waals surface area (Å²) in [6, 6.07) is 4.01. The Balaban J connectivity index is 2.04. The van der Waals surface area contributed by atoms with Gasteiger partial charge in [0.05, 0.1) is 5.88 Å². The predicted molar refractivity (Wildman–Crippen MR) is 69.0 cm³/mol. The molecule has 1 aromatic rings. The maximum Gasteiger partial charge on any atom is 0.132 e. The first-order chi connectivity index (χ1) is 7.81. The molecule has 0 N–H and O–H groups in total. The number of alkyl halides is 1. The largest absolute Gasteiger partial charge is 0.359 e. The first-order valence-electron chi connectivity index (χ1n) is 6.02. The van der Waals surface area contributed by atoms with Crippen molar-refractivity contribution in [3.63, 3.8) is 0 Å². The maximum absolute atomic E-state index is 5.93. The van der Waals surface area contributed by atoms with Crippen molar-refractivity contribution in [1.82, 2.24) is 4.98 Å². The van der Waals surface area contributed by atoms with Crippen LogP contribution in [0.15, 0.2) is 18.3 Å². The molecule has 0 atom stereocenters. The van der Waals surface area contributed by atoms with Crippen LogP contribution in [0.1, 0.15) is 31.2 Å². The van der Waals surface area contributed by atoms with Crippen LogP contribution in [-0.4, -0.2) is 18.6 Å². The SMILES string of the molecule is CN(CC1CCCC1)c1ncccc1CCl. The topological polar surface area (TPSA) is 16.1 Å². The van der Waals surface area contributed by atoms with Gasteiger partial charge in [0, 0.05) is 25.4 Å². The van der Waals surface area contributed by atoms with Crippen LogP contribution in [0.5, 0.6) is 0 Å². The van der Waals surface area contributed by atoms with Gasteiger partial charge in [-0.1, -0.05) is 18.9 Å². The lowest BCUT2D eigenvalue weighted by Crippen LogP contribution is -2.25. The highest BCUT2D eigenvalue weighted by Crippen LogP contribution is 2.27. The molecule has 1 saturated carbocycles. The molecule has 0 amide bonds. The van der Waals surface area contributed by atoms with E-state index in [1.807, 2.05) is 12.3 Å². The lowest BCUT2D eigenvalue weighted by molar-refractivity contribution is 0.544. The number of rotatable bonds is 4. The zero-order chi connectivity index (χ0) is 11.4. The molecular formula is C13H19ClN2. The van der Waals surface area contributed by atoms with Gasteiger partial charge < -0.3 is 4.90 Å². The van der Waals surface area contributed by atoms with Gasteiger partial charge in [-0.3, -0.25) is 0 Å². The van der Waals surface area contributed by atoms with Gasteiger partial charge in [-0.05, 0) is 24.8 Å². The number of pyridine rings is 1. The molecule has 0 aromatic carbocycles. The van der Waals surface area contributed by atoms with E-state index in [0.717, 1.165) is 23.8 Å². The number of nitrogens with zero attached hydrogens (tertiary/aromatic N) is 2.